The Hall–Kier alpha value is -1.87. The van der Waals surface area contributed by atoms with Crippen LogP contribution in [-0.2, 0) is 0 Å². The van der Waals surface area contributed by atoms with Gasteiger partial charge < -0.3 is 5.11 Å². The lowest BCUT2D eigenvalue weighted by atomic mass is 9.94. The lowest BCUT2D eigenvalue weighted by Crippen LogP contribution is -1.98. The van der Waals surface area contributed by atoms with E-state index in [2.05, 4.69) is 0 Å². The highest BCUT2D eigenvalue weighted by molar-refractivity contribution is 6.31. The molecule has 2 rings (SSSR count). The monoisotopic (exact) mass is 278 g/mol. The second-order valence-electron chi connectivity index (χ2n) is 4.45. The van der Waals surface area contributed by atoms with Crippen LogP contribution in [0.1, 0.15) is 21.5 Å². The van der Waals surface area contributed by atoms with Gasteiger partial charge in [0.2, 0.25) is 0 Å². The van der Waals surface area contributed by atoms with E-state index in [4.69, 9.17) is 16.7 Å². The number of aromatic carboxylic acids is 1. The molecule has 0 atom stereocenters. The van der Waals surface area contributed by atoms with Gasteiger partial charge in [0.05, 0.1) is 5.56 Å². The molecular formula is C15H12ClFO2. The molecule has 0 heterocycles. The summed E-state index contributed by atoms with van der Waals surface area (Å²) in [5.41, 5.74) is 3.10. The van der Waals surface area contributed by atoms with Crippen LogP contribution < -0.4 is 0 Å². The second kappa shape index (κ2) is 5.02. The molecule has 0 aliphatic carbocycles. The lowest BCUT2D eigenvalue weighted by molar-refractivity contribution is 0.0697. The normalized spacial score (nSPS) is 10.5. The van der Waals surface area contributed by atoms with E-state index in [1.54, 1.807) is 26.0 Å². The van der Waals surface area contributed by atoms with Gasteiger partial charge in [0.15, 0.2) is 0 Å². The molecule has 0 spiro atoms. The molecule has 0 aliphatic heterocycles. The predicted octanol–water partition coefficient (Wildman–Crippen LogP) is 4.46. The Labute approximate surface area is 115 Å². The maximum atomic E-state index is 13.3. The van der Waals surface area contributed by atoms with E-state index in [1.807, 2.05) is 0 Å². The Morgan fingerprint density at radius 2 is 1.68 bits per heavy atom. The Kier molecular flexibility index (Phi) is 3.58. The Morgan fingerprint density at radius 3 is 2.21 bits per heavy atom. The van der Waals surface area contributed by atoms with Gasteiger partial charge in [0, 0.05) is 5.02 Å². The maximum absolute atomic E-state index is 13.3. The molecule has 0 unspecified atom stereocenters. The minimum Gasteiger partial charge on any atom is -0.478 e. The zero-order valence-corrected chi connectivity index (χ0v) is 11.3. The molecule has 4 heteroatoms. The van der Waals surface area contributed by atoms with Gasteiger partial charge in [0.25, 0.3) is 0 Å². The van der Waals surface area contributed by atoms with Crippen LogP contribution >= 0.6 is 11.6 Å². The predicted molar refractivity (Wildman–Crippen MR) is 73.3 cm³/mol. The van der Waals surface area contributed by atoms with E-state index >= 15 is 0 Å². The van der Waals surface area contributed by atoms with Crippen molar-refractivity contribution in [3.63, 3.8) is 0 Å². The SMILES string of the molecule is Cc1cc(F)cc(C)c1-c1cc(Cl)cc(C(=O)O)c1. The molecule has 0 saturated carbocycles. The minimum absolute atomic E-state index is 0.116. The third-order valence-corrected chi connectivity index (χ3v) is 3.15. The molecule has 0 aliphatic rings. The molecule has 2 aromatic carbocycles. The maximum Gasteiger partial charge on any atom is 0.335 e. The molecular weight excluding hydrogens is 267 g/mol. The quantitative estimate of drug-likeness (QED) is 0.880. The van der Waals surface area contributed by atoms with E-state index < -0.39 is 5.97 Å². The molecule has 2 aromatic rings. The first-order valence-corrected chi connectivity index (χ1v) is 6.07. The molecule has 0 fully saturated rings. The highest BCUT2D eigenvalue weighted by atomic mass is 35.5. The number of benzene rings is 2. The van der Waals surface area contributed by atoms with Crippen molar-refractivity contribution in [1.82, 2.24) is 0 Å². The van der Waals surface area contributed by atoms with Crippen molar-refractivity contribution in [2.75, 3.05) is 0 Å². The lowest BCUT2D eigenvalue weighted by Gasteiger charge is -2.11. The smallest absolute Gasteiger partial charge is 0.335 e. The summed E-state index contributed by atoms with van der Waals surface area (Å²) in [7, 11) is 0. The van der Waals surface area contributed by atoms with Crippen molar-refractivity contribution in [3.8, 4) is 11.1 Å². The molecule has 0 aromatic heterocycles. The van der Waals surface area contributed by atoms with Crippen molar-refractivity contribution in [1.29, 1.82) is 0 Å². The summed E-state index contributed by atoms with van der Waals surface area (Å²) in [6.45, 7) is 3.57. The molecule has 1 N–H and O–H groups in total. The molecule has 2 nitrogen and oxygen atoms in total. The first kappa shape index (κ1) is 13.6. The summed E-state index contributed by atoms with van der Waals surface area (Å²) >= 11 is 5.94. The van der Waals surface area contributed by atoms with Crippen LogP contribution in [0.4, 0.5) is 4.39 Å². The fourth-order valence-corrected chi connectivity index (χ4v) is 2.46. The summed E-state index contributed by atoms with van der Waals surface area (Å²) in [6.07, 6.45) is 0. The van der Waals surface area contributed by atoms with E-state index in [0.29, 0.717) is 10.6 Å². The topological polar surface area (TPSA) is 37.3 Å². The Morgan fingerprint density at radius 1 is 1.11 bits per heavy atom. The zero-order chi connectivity index (χ0) is 14.2. The van der Waals surface area contributed by atoms with Gasteiger partial charge in [-0.05, 0) is 66.4 Å². The Bertz CT molecular complexity index is 642. The van der Waals surface area contributed by atoms with Crippen LogP contribution in [0.15, 0.2) is 30.3 Å². The fourth-order valence-electron chi connectivity index (χ4n) is 2.22. The van der Waals surface area contributed by atoms with E-state index in [1.165, 1.54) is 18.2 Å². The highest BCUT2D eigenvalue weighted by Crippen LogP contribution is 2.31. The van der Waals surface area contributed by atoms with Crippen LogP contribution in [0.2, 0.25) is 5.02 Å². The zero-order valence-electron chi connectivity index (χ0n) is 10.5. The van der Waals surface area contributed by atoms with Gasteiger partial charge in [-0.3, -0.25) is 0 Å². The third kappa shape index (κ3) is 2.76. The molecule has 19 heavy (non-hydrogen) atoms. The molecule has 98 valence electrons. The molecule has 0 bridgehead atoms. The number of rotatable bonds is 2. The number of carbonyl (C=O) groups is 1. The average molecular weight is 279 g/mol. The molecule has 0 saturated heterocycles. The summed E-state index contributed by atoms with van der Waals surface area (Å²) in [6, 6.07) is 7.46. The van der Waals surface area contributed by atoms with Crippen LogP contribution in [0.25, 0.3) is 11.1 Å². The fraction of sp³-hybridized carbons (Fsp3) is 0.133. The van der Waals surface area contributed by atoms with Gasteiger partial charge in [-0.1, -0.05) is 11.6 Å². The Balaban J connectivity index is 2.69. The number of hydrogen-bond acceptors (Lipinski definition) is 1. The standard InChI is InChI=1S/C15H12ClFO2/c1-8-3-13(17)4-9(2)14(8)10-5-11(15(18)19)7-12(16)6-10/h3-7H,1-2H3,(H,18,19). The van der Waals surface area contributed by atoms with Gasteiger partial charge in [0.1, 0.15) is 5.82 Å². The van der Waals surface area contributed by atoms with Gasteiger partial charge >= 0.3 is 5.97 Å². The van der Waals surface area contributed by atoms with Crippen LogP contribution in [0, 0.1) is 19.7 Å². The largest absolute Gasteiger partial charge is 0.478 e. The van der Waals surface area contributed by atoms with Crippen LogP contribution in [0.5, 0.6) is 0 Å². The molecule has 0 radical (unpaired) electrons. The summed E-state index contributed by atoms with van der Waals surface area (Å²) < 4.78 is 13.3. The van der Waals surface area contributed by atoms with Crippen LogP contribution in [0.3, 0.4) is 0 Å². The number of hydrogen-bond donors (Lipinski definition) is 1. The summed E-state index contributed by atoms with van der Waals surface area (Å²) in [4.78, 5) is 11.0. The number of carboxylic acid groups (broad SMARTS) is 1. The molecule has 0 amide bonds. The van der Waals surface area contributed by atoms with E-state index in [0.717, 1.165) is 16.7 Å². The summed E-state index contributed by atoms with van der Waals surface area (Å²) in [5.74, 6) is -1.35. The number of carboxylic acids is 1. The van der Waals surface area contributed by atoms with E-state index in [-0.39, 0.29) is 11.4 Å². The second-order valence-corrected chi connectivity index (χ2v) is 4.88. The highest BCUT2D eigenvalue weighted by Gasteiger charge is 2.12. The van der Waals surface area contributed by atoms with Crippen molar-refractivity contribution < 1.29 is 14.3 Å². The van der Waals surface area contributed by atoms with E-state index in [9.17, 15) is 9.18 Å². The number of aryl methyl sites for hydroxylation is 2. The first-order valence-electron chi connectivity index (χ1n) is 5.69. The van der Waals surface area contributed by atoms with Crippen LogP contribution in [-0.4, -0.2) is 11.1 Å². The number of halogens is 2. The van der Waals surface area contributed by atoms with Gasteiger partial charge in [-0.2, -0.15) is 0 Å². The minimum atomic E-state index is -1.04. The van der Waals surface area contributed by atoms with Crippen molar-refractivity contribution in [2.24, 2.45) is 0 Å². The van der Waals surface area contributed by atoms with Gasteiger partial charge in [-0.15, -0.1) is 0 Å². The first-order chi connectivity index (χ1) is 8.88. The third-order valence-electron chi connectivity index (χ3n) is 2.93. The van der Waals surface area contributed by atoms with Crippen molar-refractivity contribution in [2.45, 2.75) is 13.8 Å². The summed E-state index contributed by atoms with van der Waals surface area (Å²) in [5, 5.41) is 9.39. The van der Waals surface area contributed by atoms with Crippen molar-refractivity contribution >= 4 is 17.6 Å². The van der Waals surface area contributed by atoms with Gasteiger partial charge in [-0.25, -0.2) is 9.18 Å². The van der Waals surface area contributed by atoms with Crippen molar-refractivity contribution in [3.05, 3.63) is 57.9 Å². The average Bonchev–Trinajstić information content (AvgIpc) is 2.26.